The summed E-state index contributed by atoms with van der Waals surface area (Å²) in [6.07, 6.45) is 1.73. The predicted octanol–water partition coefficient (Wildman–Crippen LogP) is 2.04. The molecule has 2 aromatic rings. The zero-order valence-electron chi connectivity index (χ0n) is 9.97. The molecule has 0 aliphatic rings. The fourth-order valence-electron chi connectivity index (χ4n) is 1.75. The van der Waals surface area contributed by atoms with Crippen molar-refractivity contribution in [2.75, 3.05) is 19.0 Å². The third-order valence-electron chi connectivity index (χ3n) is 2.64. The second-order valence-corrected chi connectivity index (χ2v) is 3.94. The standard InChI is InChI=1S/C13H16N2O2/c1-9(8-16)15-13-11-4-3-5-12(17-2)10(11)6-7-14-13/h3-7,9,16H,8H2,1-2H3,(H,14,15). The van der Waals surface area contributed by atoms with Crippen LogP contribution < -0.4 is 10.1 Å². The molecule has 1 aromatic carbocycles. The van der Waals surface area contributed by atoms with E-state index in [0.717, 1.165) is 22.3 Å². The first-order chi connectivity index (χ1) is 8.26. The average molecular weight is 232 g/mol. The number of aliphatic hydroxyl groups excluding tert-OH is 1. The third kappa shape index (κ3) is 2.31. The molecule has 2 rings (SSSR count). The van der Waals surface area contributed by atoms with E-state index in [1.54, 1.807) is 13.3 Å². The minimum absolute atomic E-state index is 0.0284. The fourth-order valence-corrected chi connectivity index (χ4v) is 1.75. The van der Waals surface area contributed by atoms with Crippen LogP contribution in [0.1, 0.15) is 6.92 Å². The highest BCUT2D eigenvalue weighted by Gasteiger charge is 2.08. The number of methoxy groups -OCH3 is 1. The SMILES string of the molecule is COc1cccc2c(NC(C)CO)nccc12. The zero-order chi connectivity index (χ0) is 12.3. The number of aromatic nitrogens is 1. The Morgan fingerprint density at radius 1 is 1.35 bits per heavy atom. The molecule has 1 heterocycles. The molecule has 90 valence electrons. The Kier molecular flexibility index (Phi) is 3.44. The van der Waals surface area contributed by atoms with Gasteiger partial charge in [0.2, 0.25) is 0 Å². The van der Waals surface area contributed by atoms with E-state index in [1.807, 2.05) is 31.2 Å². The van der Waals surface area contributed by atoms with Crippen molar-refractivity contribution in [1.82, 2.24) is 4.98 Å². The predicted molar refractivity (Wildman–Crippen MR) is 68.5 cm³/mol. The van der Waals surface area contributed by atoms with Gasteiger partial charge in [0.15, 0.2) is 0 Å². The minimum Gasteiger partial charge on any atom is -0.496 e. The first kappa shape index (κ1) is 11.7. The number of anilines is 1. The van der Waals surface area contributed by atoms with Gasteiger partial charge in [0.1, 0.15) is 11.6 Å². The summed E-state index contributed by atoms with van der Waals surface area (Å²) in [5, 5.41) is 14.2. The molecule has 0 fully saturated rings. The molecule has 4 nitrogen and oxygen atoms in total. The second-order valence-electron chi connectivity index (χ2n) is 3.94. The van der Waals surface area contributed by atoms with Crippen LogP contribution in [0.25, 0.3) is 10.8 Å². The number of ether oxygens (including phenoxy) is 1. The number of aliphatic hydroxyl groups is 1. The van der Waals surface area contributed by atoms with Crippen molar-refractivity contribution in [3.8, 4) is 5.75 Å². The van der Waals surface area contributed by atoms with Crippen molar-refractivity contribution in [2.24, 2.45) is 0 Å². The van der Waals surface area contributed by atoms with Gasteiger partial charge >= 0.3 is 0 Å². The lowest BCUT2D eigenvalue weighted by Crippen LogP contribution is -2.20. The molecule has 17 heavy (non-hydrogen) atoms. The highest BCUT2D eigenvalue weighted by atomic mass is 16.5. The van der Waals surface area contributed by atoms with E-state index in [9.17, 15) is 0 Å². The maximum absolute atomic E-state index is 9.05. The summed E-state index contributed by atoms with van der Waals surface area (Å²) in [7, 11) is 1.65. The molecule has 0 radical (unpaired) electrons. The van der Waals surface area contributed by atoms with Gasteiger partial charge in [0.25, 0.3) is 0 Å². The number of nitrogens with zero attached hydrogens (tertiary/aromatic N) is 1. The monoisotopic (exact) mass is 232 g/mol. The molecule has 2 N–H and O–H groups in total. The topological polar surface area (TPSA) is 54.4 Å². The minimum atomic E-state index is -0.0284. The molecule has 1 aromatic heterocycles. The van der Waals surface area contributed by atoms with Crippen molar-refractivity contribution >= 4 is 16.6 Å². The Labute approximate surface area is 100 Å². The summed E-state index contributed by atoms with van der Waals surface area (Å²) in [6, 6.07) is 7.72. The Hall–Kier alpha value is -1.81. The fraction of sp³-hybridized carbons (Fsp3) is 0.308. The van der Waals surface area contributed by atoms with E-state index >= 15 is 0 Å². The van der Waals surface area contributed by atoms with E-state index in [2.05, 4.69) is 10.3 Å². The maximum atomic E-state index is 9.05. The number of pyridine rings is 1. The van der Waals surface area contributed by atoms with Gasteiger partial charge in [-0.15, -0.1) is 0 Å². The smallest absolute Gasteiger partial charge is 0.134 e. The van der Waals surface area contributed by atoms with E-state index < -0.39 is 0 Å². The molecular weight excluding hydrogens is 216 g/mol. The summed E-state index contributed by atoms with van der Waals surface area (Å²) >= 11 is 0. The lowest BCUT2D eigenvalue weighted by molar-refractivity contribution is 0.281. The van der Waals surface area contributed by atoms with Crippen LogP contribution in [0.4, 0.5) is 5.82 Å². The number of rotatable bonds is 4. The normalized spacial score (nSPS) is 12.4. The third-order valence-corrected chi connectivity index (χ3v) is 2.64. The van der Waals surface area contributed by atoms with Gasteiger partial charge in [0, 0.05) is 23.0 Å². The van der Waals surface area contributed by atoms with Gasteiger partial charge in [-0.05, 0) is 19.1 Å². The Morgan fingerprint density at radius 2 is 2.18 bits per heavy atom. The summed E-state index contributed by atoms with van der Waals surface area (Å²) in [5.41, 5.74) is 0. The summed E-state index contributed by atoms with van der Waals surface area (Å²) in [4.78, 5) is 4.29. The lowest BCUT2D eigenvalue weighted by Gasteiger charge is -2.14. The first-order valence-electron chi connectivity index (χ1n) is 5.55. The van der Waals surface area contributed by atoms with Crippen LogP contribution >= 0.6 is 0 Å². The van der Waals surface area contributed by atoms with Crippen LogP contribution in [0.2, 0.25) is 0 Å². The van der Waals surface area contributed by atoms with Crippen molar-refractivity contribution in [3.05, 3.63) is 30.5 Å². The molecule has 0 saturated heterocycles. The van der Waals surface area contributed by atoms with Gasteiger partial charge in [-0.1, -0.05) is 12.1 Å². The Bertz CT molecular complexity index is 514. The number of hydrogen-bond donors (Lipinski definition) is 2. The van der Waals surface area contributed by atoms with Gasteiger partial charge < -0.3 is 15.2 Å². The molecule has 4 heteroatoms. The second kappa shape index (κ2) is 5.01. The van der Waals surface area contributed by atoms with Crippen molar-refractivity contribution in [1.29, 1.82) is 0 Å². The Balaban J connectivity index is 2.50. The van der Waals surface area contributed by atoms with Crippen LogP contribution in [0.15, 0.2) is 30.5 Å². The van der Waals surface area contributed by atoms with Gasteiger partial charge in [-0.3, -0.25) is 0 Å². The van der Waals surface area contributed by atoms with Crippen LogP contribution in [-0.2, 0) is 0 Å². The summed E-state index contributed by atoms with van der Waals surface area (Å²) in [5.74, 6) is 1.59. The number of fused-ring (bicyclic) bond motifs is 1. The highest BCUT2D eigenvalue weighted by Crippen LogP contribution is 2.29. The summed E-state index contributed by atoms with van der Waals surface area (Å²) in [6.45, 7) is 1.97. The summed E-state index contributed by atoms with van der Waals surface area (Å²) < 4.78 is 5.31. The number of nitrogens with one attached hydrogen (secondary N) is 1. The average Bonchev–Trinajstić information content (AvgIpc) is 2.38. The first-order valence-corrected chi connectivity index (χ1v) is 5.55. The highest BCUT2D eigenvalue weighted by molar-refractivity contribution is 5.95. The van der Waals surface area contributed by atoms with Gasteiger partial charge in [-0.25, -0.2) is 4.98 Å². The van der Waals surface area contributed by atoms with E-state index in [1.165, 1.54) is 0 Å². The molecule has 0 spiro atoms. The molecular formula is C13H16N2O2. The van der Waals surface area contributed by atoms with Crippen LogP contribution in [0.5, 0.6) is 5.75 Å². The van der Waals surface area contributed by atoms with E-state index in [-0.39, 0.29) is 12.6 Å². The van der Waals surface area contributed by atoms with E-state index in [4.69, 9.17) is 9.84 Å². The van der Waals surface area contributed by atoms with E-state index in [0.29, 0.717) is 0 Å². The molecule has 1 atom stereocenters. The molecule has 0 aliphatic carbocycles. The number of hydrogen-bond acceptors (Lipinski definition) is 4. The molecule has 0 bridgehead atoms. The molecule has 0 aliphatic heterocycles. The van der Waals surface area contributed by atoms with Crippen LogP contribution in [-0.4, -0.2) is 29.8 Å². The van der Waals surface area contributed by atoms with Crippen molar-refractivity contribution < 1.29 is 9.84 Å². The Morgan fingerprint density at radius 3 is 2.88 bits per heavy atom. The van der Waals surface area contributed by atoms with Gasteiger partial charge in [-0.2, -0.15) is 0 Å². The molecule has 1 unspecified atom stereocenters. The largest absolute Gasteiger partial charge is 0.496 e. The molecule has 0 saturated carbocycles. The number of benzene rings is 1. The maximum Gasteiger partial charge on any atom is 0.134 e. The van der Waals surface area contributed by atoms with Crippen LogP contribution in [0.3, 0.4) is 0 Å². The van der Waals surface area contributed by atoms with Crippen molar-refractivity contribution in [3.63, 3.8) is 0 Å². The van der Waals surface area contributed by atoms with Crippen molar-refractivity contribution in [2.45, 2.75) is 13.0 Å². The zero-order valence-corrected chi connectivity index (χ0v) is 9.97. The molecule has 0 amide bonds. The van der Waals surface area contributed by atoms with Crippen LogP contribution in [0, 0.1) is 0 Å². The quantitative estimate of drug-likeness (QED) is 0.847. The lowest BCUT2D eigenvalue weighted by atomic mass is 10.1. The van der Waals surface area contributed by atoms with Gasteiger partial charge in [0.05, 0.1) is 13.7 Å².